The highest BCUT2D eigenvalue weighted by Gasteiger charge is 1.97. The highest BCUT2D eigenvalue weighted by Crippen LogP contribution is 2.06. The molecule has 0 fully saturated rings. The molecular formula is C7H8BrN5. The first-order chi connectivity index (χ1) is 6.24. The maximum absolute atomic E-state index is 5.52. The molecule has 0 saturated carbocycles. The number of aromatic nitrogens is 4. The molecule has 0 aromatic carbocycles. The van der Waals surface area contributed by atoms with Crippen molar-refractivity contribution in [1.82, 2.24) is 19.6 Å². The molecule has 0 spiro atoms. The minimum atomic E-state index is 0.572. The molecule has 0 bridgehead atoms. The van der Waals surface area contributed by atoms with E-state index >= 15 is 0 Å². The van der Waals surface area contributed by atoms with Crippen molar-refractivity contribution in [1.29, 1.82) is 0 Å². The number of nitrogens with zero attached hydrogens (tertiary/aromatic N) is 4. The molecule has 2 rings (SSSR count). The predicted octanol–water partition coefficient (Wildman–Crippen LogP) is 0.930. The Morgan fingerprint density at radius 1 is 1.23 bits per heavy atom. The molecular weight excluding hydrogens is 234 g/mol. The van der Waals surface area contributed by atoms with Crippen LogP contribution in [0.25, 0.3) is 0 Å². The molecule has 2 aromatic rings. The van der Waals surface area contributed by atoms with E-state index in [1.54, 1.807) is 28.0 Å². The molecule has 2 N–H and O–H groups in total. The third-order valence-electron chi connectivity index (χ3n) is 1.54. The second kappa shape index (κ2) is 3.21. The Bertz CT molecular complexity index is 366. The number of rotatable bonds is 2. The predicted molar refractivity (Wildman–Crippen MR) is 52.0 cm³/mol. The molecule has 2 aromatic heterocycles. The largest absolute Gasteiger partial charge is 0.396 e. The fourth-order valence-corrected chi connectivity index (χ4v) is 1.35. The van der Waals surface area contributed by atoms with Gasteiger partial charge in [-0.15, -0.1) is 0 Å². The molecule has 2 heterocycles. The molecule has 13 heavy (non-hydrogen) atoms. The van der Waals surface area contributed by atoms with E-state index in [4.69, 9.17) is 5.73 Å². The molecule has 5 nitrogen and oxygen atoms in total. The summed E-state index contributed by atoms with van der Waals surface area (Å²) in [6.07, 6.45) is 6.97. The molecule has 68 valence electrons. The summed E-state index contributed by atoms with van der Waals surface area (Å²) in [5.74, 6) is 0. The van der Waals surface area contributed by atoms with E-state index in [0.29, 0.717) is 12.4 Å². The van der Waals surface area contributed by atoms with Gasteiger partial charge in [0, 0.05) is 6.20 Å². The molecule has 0 amide bonds. The zero-order valence-electron chi connectivity index (χ0n) is 6.76. The third kappa shape index (κ3) is 1.89. The summed E-state index contributed by atoms with van der Waals surface area (Å²) in [6, 6.07) is 0. The third-order valence-corrected chi connectivity index (χ3v) is 1.95. The van der Waals surface area contributed by atoms with Crippen LogP contribution >= 0.6 is 15.9 Å². The number of halogens is 1. The van der Waals surface area contributed by atoms with Gasteiger partial charge >= 0.3 is 0 Å². The second-order valence-electron chi connectivity index (χ2n) is 2.65. The van der Waals surface area contributed by atoms with Gasteiger partial charge in [0.1, 0.15) is 6.67 Å². The standard InChI is InChI=1S/C7H8BrN5/c8-6-1-10-12(3-6)5-13-4-7(9)2-11-13/h1-4H,5,9H2. The van der Waals surface area contributed by atoms with Gasteiger partial charge in [0.05, 0.1) is 28.8 Å². The number of hydrogen-bond acceptors (Lipinski definition) is 3. The first-order valence-corrected chi connectivity index (χ1v) is 4.49. The van der Waals surface area contributed by atoms with Gasteiger partial charge in [0.15, 0.2) is 0 Å². The van der Waals surface area contributed by atoms with Crippen LogP contribution in [0.4, 0.5) is 5.69 Å². The molecule has 0 saturated heterocycles. The summed E-state index contributed by atoms with van der Waals surface area (Å²) in [6.45, 7) is 0.572. The fourth-order valence-electron chi connectivity index (χ4n) is 1.02. The van der Waals surface area contributed by atoms with E-state index in [2.05, 4.69) is 26.1 Å². The zero-order valence-corrected chi connectivity index (χ0v) is 8.35. The summed E-state index contributed by atoms with van der Waals surface area (Å²) < 4.78 is 4.43. The summed E-state index contributed by atoms with van der Waals surface area (Å²) in [4.78, 5) is 0. The zero-order chi connectivity index (χ0) is 9.26. The lowest BCUT2D eigenvalue weighted by molar-refractivity contribution is 0.503. The van der Waals surface area contributed by atoms with E-state index in [0.717, 1.165) is 4.47 Å². The van der Waals surface area contributed by atoms with Crippen molar-refractivity contribution in [2.24, 2.45) is 0 Å². The summed E-state index contributed by atoms with van der Waals surface area (Å²) in [5, 5.41) is 8.12. The Morgan fingerprint density at radius 2 is 1.92 bits per heavy atom. The molecule has 0 radical (unpaired) electrons. The van der Waals surface area contributed by atoms with E-state index < -0.39 is 0 Å². The van der Waals surface area contributed by atoms with Gasteiger partial charge in [-0.25, -0.2) is 9.36 Å². The van der Waals surface area contributed by atoms with Crippen LogP contribution in [0.5, 0.6) is 0 Å². The molecule has 0 aliphatic heterocycles. The van der Waals surface area contributed by atoms with Gasteiger partial charge in [0.25, 0.3) is 0 Å². The molecule has 0 aliphatic carbocycles. The average molecular weight is 242 g/mol. The Labute approximate surface area is 83.3 Å². The van der Waals surface area contributed by atoms with Crippen molar-refractivity contribution in [3.8, 4) is 0 Å². The lowest BCUT2D eigenvalue weighted by atomic mass is 10.6. The maximum Gasteiger partial charge on any atom is 0.133 e. The van der Waals surface area contributed by atoms with Gasteiger partial charge in [-0.1, -0.05) is 0 Å². The lowest BCUT2D eigenvalue weighted by Crippen LogP contribution is -2.08. The Kier molecular flexibility index (Phi) is 2.05. The van der Waals surface area contributed by atoms with Crippen LogP contribution in [0.1, 0.15) is 0 Å². The Balaban J connectivity index is 2.14. The molecule has 0 aliphatic rings. The van der Waals surface area contributed by atoms with Crippen molar-refractivity contribution in [2.45, 2.75) is 6.67 Å². The number of nitrogens with two attached hydrogens (primary N) is 1. The van der Waals surface area contributed by atoms with Crippen molar-refractivity contribution in [3.63, 3.8) is 0 Å². The van der Waals surface area contributed by atoms with Crippen LogP contribution < -0.4 is 5.73 Å². The van der Waals surface area contributed by atoms with E-state index in [1.165, 1.54) is 0 Å². The molecule has 6 heteroatoms. The van der Waals surface area contributed by atoms with Crippen LogP contribution in [0.15, 0.2) is 29.3 Å². The van der Waals surface area contributed by atoms with Crippen molar-refractivity contribution >= 4 is 21.6 Å². The number of nitrogen functional groups attached to an aromatic ring is 1. The van der Waals surface area contributed by atoms with Gasteiger partial charge < -0.3 is 5.73 Å². The summed E-state index contributed by atoms with van der Waals surface area (Å²) >= 11 is 3.31. The van der Waals surface area contributed by atoms with E-state index in [9.17, 15) is 0 Å². The minimum absolute atomic E-state index is 0.572. The van der Waals surface area contributed by atoms with E-state index in [-0.39, 0.29) is 0 Å². The van der Waals surface area contributed by atoms with Gasteiger partial charge in [0.2, 0.25) is 0 Å². The SMILES string of the molecule is Nc1cnn(Cn2cc(Br)cn2)c1. The normalized spacial score (nSPS) is 10.5. The van der Waals surface area contributed by atoms with Crippen LogP contribution in [0, 0.1) is 0 Å². The fraction of sp³-hybridized carbons (Fsp3) is 0.143. The Morgan fingerprint density at radius 3 is 2.46 bits per heavy atom. The lowest BCUT2D eigenvalue weighted by Gasteiger charge is -1.99. The number of hydrogen-bond donors (Lipinski definition) is 1. The first-order valence-electron chi connectivity index (χ1n) is 3.70. The molecule has 0 atom stereocenters. The molecule has 0 unspecified atom stereocenters. The van der Waals surface area contributed by atoms with Gasteiger partial charge in [-0.05, 0) is 15.9 Å². The second-order valence-corrected chi connectivity index (χ2v) is 3.57. The highest BCUT2D eigenvalue weighted by atomic mass is 79.9. The van der Waals surface area contributed by atoms with E-state index in [1.807, 2.05) is 6.20 Å². The van der Waals surface area contributed by atoms with Crippen molar-refractivity contribution in [3.05, 3.63) is 29.3 Å². The Hall–Kier alpha value is -1.30. The number of anilines is 1. The van der Waals surface area contributed by atoms with Crippen LogP contribution in [-0.2, 0) is 6.67 Å². The first kappa shape index (κ1) is 8.31. The van der Waals surface area contributed by atoms with Crippen molar-refractivity contribution in [2.75, 3.05) is 5.73 Å². The highest BCUT2D eigenvalue weighted by molar-refractivity contribution is 9.10. The van der Waals surface area contributed by atoms with Crippen molar-refractivity contribution < 1.29 is 0 Å². The topological polar surface area (TPSA) is 61.7 Å². The van der Waals surface area contributed by atoms with Crippen LogP contribution in [-0.4, -0.2) is 19.6 Å². The maximum atomic E-state index is 5.52. The average Bonchev–Trinajstić information content (AvgIpc) is 2.62. The smallest absolute Gasteiger partial charge is 0.133 e. The van der Waals surface area contributed by atoms with Gasteiger partial charge in [-0.2, -0.15) is 10.2 Å². The monoisotopic (exact) mass is 241 g/mol. The summed E-state index contributed by atoms with van der Waals surface area (Å²) in [7, 11) is 0. The summed E-state index contributed by atoms with van der Waals surface area (Å²) in [5.41, 5.74) is 6.17. The van der Waals surface area contributed by atoms with Gasteiger partial charge in [-0.3, -0.25) is 0 Å². The quantitative estimate of drug-likeness (QED) is 0.852. The van der Waals surface area contributed by atoms with Crippen LogP contribution in [0.3, 0.4) is 0 Å². The van der Waals surface area contributed by atoms with Crippen LogP contribution in [0.2, 0.25) is 0 Å². The minimum Gasteiger partial charge on any atom is -0.396 e.